The van der Waals surface area contributed by atoms with Crippen LogP contribution in [-0.4, -0.2) is 18.1 Å². The Hall–Kier alpha value is -2.17. The summed E-state index contributed by atoms with van der Waals surface area (Å²) in [5.74, 6) is 0.716. The average molecular weight is 271 g/mol. The average Bonchev–Trinajstić information content (AvgIpc) is 2.53. The molecule has 4 nitrogen and oxygen atoms in total. The minimum Gasteiger partial charge on any atom is -0.497 e. The SMILES string of the molecule is COc1ccc(C(CC(=O)c2ccccc2)NO)cc1. The molecule has 2 aromatic carbocycles. The number of ether oxygens (including phenoxy) is 1. The minimum absolute atomic E-state index is 0.0204. The van der Waals surface area contributed by atoms with Gasteiger partial charge in [-0.25, -0.2) is 0 Å². The molecule has 2 rings (SSSR count). The Kier molecular flexibility index (Phi) is 4.87. The zero-order valence-corrected chi connectivity index (χ0v) is 11.2. The highest BCUT2D eigenvalue weighted by atomic mass is 16.5. The Morgan fingerprint density at radius 3 is 2.35 bits per heavy atom. The Morgan fingerprint density at radius 2 is 1.80 bits per heavy atom. The standard InChI is InChI=1S/C16H17NO3/c1-20-14-9-7-12(8-10-14)15(17-19)11-16(18)13-5-3-2-4-6-13/h2-10,15,17,19H,11H2,1H3. The number of methoxy groups -OCH3 is 1. The van der Waals surface area contributed by atoms with E-state index in [0.717, 1.165) is 11.3 Å². The van der Waals surface area contributed by atoms with Gasteiger partial charge in [0.2, 0.25) is 0 Å². The van der Waals surface area contributed by atoms with E-state index in [-0.39, 0.29) is 12.2 Å². The van der Waals surface area contributed by atoms with Crippen molar-refractivity contribution in [3.63, 3.8) is 0 Å². The number of hydrogen-bond donors (Lipinski definition) is 2. The molecular weight excluding hydrogens is 254 g/mol. The van der Waals surface area contributed by atoms with Crippen LogP contribution in [0.2, 0.25) is 0 Å². The fourth-order valence-electron chi connectivity index (χ4n) is 2.00. The van der Waals surface area contributed by atoms with Gasteiger partial charge < -0.3 is 9.94 Å². The second-order valence-electron chi connectivity index (χ2n) is 4.45. The smallest absolute Gasteiger partial charge is 0.164 e. The normalized spacial score (nSPS) is 11.9. The van der Waals surface area contributed by atoms with Crippen LogP contribution < -0.4 is 10.2 Å². The first kappa shape index (κ1) is 14.2. The second-order valence-corrected chi connectivity index (χ2v) is 4.45. The van der Waals surface area contributed by atoms with Crippen LogP contribution in [-0.2, 0) is 0 Å². The molecule has 0 fully saturated rings. The molecule has 0 aliphatic rings. The molecule has 0 spiro atoms. The lowest BCUT2D eigenvalue weighted by Crippen LogP contribution is -2.20. The van der Waals surface area contributed by atoms with Crippen LogP contribution in [0.15, 0.2) is 54.6 Å². The third kappa shape index (κ3) is 3.44. The van der Waals surface area contributed by atoms with E-state index in [9.17, 15) is 10.0 Å². The molecule has 1 unspecified atom stereocenters. The number of hydroxylamine groups is 1. The summed E-state index contributed by atoms with van der Waals surface area (Å²) in [4.78, 5) is 12.1. The zero-order chi connectivity index (χ0) is 14.4. The summed E-state index contributed by atoms with van der Waals surface area (Å²) < 4.78 is 5.08. The molecule has 104 valence electrons. The van der Waals surface area contributed by atoms with E-state index in [1.807, 2.05) is 30.3 Å². The van der Waals surface area contributed by atoms with Gasteiger partial charge in [-0.15, -0.1) is 0 Å². The number of rotatable bonds is 6. The number of hydrogen-bond acceptors (Lipinski definition) is 4. The van der Waals surface area contributed by atoms with E-state index in [2.05, 4.69) is 5.48 Å². The van der Waals surface area contributed by atoms with Crippen molar-refractivity contribution in [2.75, 3.05) is 7.11 Å². The third-order valence-corrected chi connectivity index (χ3v) is 3.16. The van der Waals surface area contributed by atoms with E-state index in [0.29, 0.717) is 5.56 Å². The van der Waals surface area contributed by atoms with Crippen LogP contribution >= 0.6 is 0 Å². The fraction of sp³-hybridized carbons (Fsp3) is 0.188. The number of Topliss-reactive ketones (excluding diaryl/α,β-unsaturated/α-hetero) is 1. The van der Waals surface area contributed by atoms with Gasteiger partial charge in [0, 0.05) is 12.0 Å². The number of carbonyl (C=O) groups is 1. The Balaban J connectivity index is 2.10. The van der Waals surface area contributed by atoms with Crippen molar-refractivity contribution in [2.24, 2.45) is 0 Å². The maximum atomic E-state index is 12.1. The van der Waals surface area contributed by atoms with Crippen molar-refractivity contribution in [2.45, 2.75) is 12.5 Å². The van der Waals surface area contributed by atoms with E-state index >= 15 is 0 Å². The molecule has 0 aliphatic heterocycles. The molecule has 0 bridgehead atoms. The van der Waals surface area contributed by atoms with Crippen LogP contribution in [0.1, 0.15) is 28.4 Å². The molecule has 0 aliphatic carbocycles. The number of nitrogens with one attached hydrogen (secondary N) is 1. The monoisotopic (exact) mass is 271 g/mol. The van der Waals surface area contributed by atoms with Gasteiger partial charge in [-0.1, -0.05) is 42.5 Å². The maximum Gasteiger partial charge on any atom is 0.164 e. The van der Waals surface area contributed by atoms with Gasteiger partial charge in [0.15, 0.2) is 5.78 Å². The first-order valence-corrected chi connectivity index (χ1v) is 6.36. The molecule has 0 heterocycles. The Morgan fingerprint density at radius 1 is 1.15 bits per heavy atom. The van der Waals surface area contributed by atoms with Crippen molar-refractivity contribution in [1.29, 1.82) is 0 Å². The maximum absolute atomic E-state index is 12.1. The molecule has 20 heavy (non-hydrogen) atoms. The van der Waals surface area contributed by atoms with Crippen LogP contribution in [0, 0.1) is 0 Å². The van der Waals surface area contributed by atoms with Gasteiger partial charge in [-0.05, 0) is 17.7 Å². The summed E-state index contributed by atoms with van der Waals surface area (Å²) in [5, 5.41) is 9.27. The van der Waals surface area contributed by atoms with Crippen LogP contribution in [0.4, 0.5) is 0 Å². The summed E-state index contributed by atoms with van der Waals surface area (Å²) in [5.41, 5.74) is 3.67. The van der Waals surface area contributed by atoms with Crippen LogP contribution in [0.3, 0.4) is 0 Å². The Labute approximate surface area is 118 Å². The molecule has 0 saturated carbocycles. The van der Waals surface area contributed by atoms with Gasteiger partial charge >= 0.3 is 0 Å². The minimum atomic E-state index is -0.436. The van der Waals surface area contributed by atoms with Crippen LogP contribution in [0.5, 0.6) is 5.75 Å². The molecule has 1 atom stereocenters. The van der Waals surface area contributed by atoms with Crippen molar-refractivity contribution in [3.8, 4) is 5.75 Å². The molecular formula is C16H17NO3. The van der Waals surface area contributed by atoms with Crippen LogP contribution in [0.25, 0.3) is 0 Å². The molecule has 0 aromatic heterocycles. The summed E-state index contributed by atoms with van der Waals surface area (Å²) in [7, 11) is 1.59. The van der Waals surface area contributed by atoms with E-state index in [4.69, 9.17) is 4.74 Å². The quantitative estimate of drug-likeness (QED) is 0.626. The van der Waals surface area contributed by atoms with Crippen molar-refractivity contribution >= 4 is 5.78 Å². The molecule has 2 aromatic rings. The van der Waals surface area contributed by atoms with Crippen molar-refractivity contribution < 1.29 is 14.7 Å². The highest BCUT2D eigenvalue weighted by molar-refractivity contribution is 5.96. The highest BCUT2D eigenvalue weighted by Crippen LogP contribution is 2.21. The fourth-order valence-corrected chi connectivity index (χ4v) is 2.00. The topological polar surface area (TPSA) is 58.6 Å². The zero-order valence-electron chi connectivity index (χ0n) is 11.2. The van der Waals surface area contributed by atoms with E-state index in [1.54, 1.807) is 31.4 Å². The van der Waals surface area contributed by atoms with Gasteiger partial charge in [-0.3, -0.25) is 4.79 Å². The Bertz CT molecular complexity index is 552. The van der Waals surface area contributed by atoms with E-state index < -0.39 is 6.04 Å². The number of benzene rings is 2. The molecule has 0 saturated heterocycles. The predicted molar refractivity (Wildman–Crippen MR) is 76.0 cm³/mol. The predicted octanol–water partition coefficient (Wildman–Crippen LogP) is 2.99. The highest BCUT2D eigenvalue weighted by Gasteiger charge is 2.16. The summed E-state index contributed by atoms with van der Waals surface area (Å²) in [6.45, 7) is 0. The van der Waals surface area contributed by atoms with Gasteiger partial charge in [0.1, 0.15) is 5.75 Å². The summed E-state index contributed by atoms with van der Waals surface area (Å²) in [6, 6.07) is 15.9. The first-order chi connectivity index (χ1) is 9.74. The van der Waals surface area contributed by atoms with Gasteiger partial charge in [0.05, 0.1) is 13.2 Å². The summed E-state index contributed by atoms with van der Waals surface area (Å²) >= 11 is 0. The molecule has 0 radical (unpaired) electrons. The third-order valence-electron chi connectivity index (χ3n) is 3.16. The molecule has 4 heteroatoms. The van der Waals surface area contributed by atoms with Gasteiger partial charge in [-0.2, -0.15) is 5.48 Å². The van der Waals surface area contributed by atoms with Crippen molar-refractivity contribution in [3.05, 3.63) is 65.7 Å². The molecule has 2 N–H and O–H groups in total. The lowest BCUT2D eigenvalue weighted by molar-refractivity contribution is 0.0869. The van der Waals surface area contributed by atoms with Gasteiger partial charge in [0.25, 0.3) is 0 Å². The second kappa shape index (κ2) is 6.84. The summed E-state index contributed by atoms with van der Waals surface area (Å²) in [6.07, 6.45) is 0.187. The van der Waals surface area contributed by atoms with E-state index in [1.165, 1.54) is 0 Å². The lowest BCUT2D eigenvalue weighted by Gasteiger charge is -2.15. The van der Waals surface area contributed by atoms with Crippen molar-refractivity contribution in [1.82, 2.24) is 5.48 Å². The first-order valence-electron chi connectivity index (χ1n) is 6.36. The number of ketones is 1. The molecule has 0 amide bonds. The number of carbonyl (C=O) groups excluding carboxylic acids is 1. The lowest BCUT2D eigenvalue weighted by atomic mass is 9.98. The largest absolute Gasteiger partial charge is 0.497 e.